The maximum absolute atomic E-state index is 13.1. The summed E-state index contributed by atoms with van der Waals surface area (Å²) in [7, 11) is 0. The molecule has 2 nitrogen and oxygen atoms in total. The highest BCUT2D eigenvalue weighted by atomic mass is 19.1. The molecule has 0 saturated carbocycles. The van der Waals surface area contributed by atoms with Gasteiger partial charge < -0.3 is 4.74 Å². The zero-order valence-corrected chi connectivity index (χ0v) is 8.80. The van der Waals surface area contributed by atoms with Crippen molar-refractivity contribution in [3.05, 3.63) is 35.4 Å². The highest BCUT2D eigenvalue weighted by molar-refractivity contribution is 5.89. The van der Waals surface area contributed by atoms with Gasteiger partial charge in [-0.15, -0.1) is 0 Å². The van der Waals surface area contributed by atoms with Gasteiger partial charge >= 0.3 is 5.97 Å². The normalized spacial score (nSPS) is 11.3. The molecule has 1 aromatic carbocycles. The summed E-state index contributed by atoms with van der Waals surface area (Å²) in [5.74, 6) is -2.43. The van der Waals surface area contributed by atoms with Gasteiger partial charge in [0.15, 0.2) is 0 Å². The van der Waals surface area contributed by atoms with Gasteiger partial charge in [0, 0.05) is 6.07 Å². The zero-order valence-electron chi connectivity index (χ0n) is 8.80. The van der Waals surface area contributed by atoms with Gasteiger partial charge in [0.25, 0.3) is 0 Å². The molecule has 15 heavy (non-hydrogen) atoms. The van der Waals surface area contributed by atoms with Crippen LogP contribution < -0.4 is 0 Å². The molecule has 0 fully saturated rings. The second-order valence-corrected chi connectivity index (χ2v) is 4.13. The van der Waals surface area contributed by atoms with E-state index in [2.05, 4.69) is 0 Å². The van der Waals surface area contributed by atoms with Gasteiger partial charge in [-0.2, -0.15) is 0 Å². The average Bonchev–Trinajstić information content (AvgIpc) is 1.99. The molecule has 0 aliphatic heterocycles. The van der Waals surface area contributed by atoms with E-state index in [0.717, 1.165) is 12.1 Å². The van der Waals surface area contributed by atoms with Crippen molar-refractivity contribution in [3.8, 4) is 0 Å². The molecule has 0 spiro atoms. The lowest BCUT2D eigenvalue weighted by molar-refractivity contribution is 0.00647. The summed E-state index contributed by atoms with van der Waals surface area (Å²) in [6, 6.07) is 2.74. The Bertz CT molecular complexity index is 381. The molecule has 0 aliphatic carbocycles. The predicted molar refractivity (Wildman–Crippen MR) is 51.5 cm³/mol. The molecule has 0 radical (unpaired) electrons. The van der Waals surface area contributed by atoms with E-state index in [1.165, 1.54) is 0 Å². The van der Waals surface area contributed by atoms with E-state index in [-0.39, 0.29) is 5.56 Å². The van der Waals surface area contributed by atoms with Crippen molar-refractivity contribution in [2.45, 2.75) is 26.4 Å². The second kappa shape index (κ2) is 3.96. The van der Waals surface area contributed by atoms with Crippen LogP contribution in [0.3, 0.4) is 0 Å². The lowest BCUT2D eigenvalue weighted by Gasteiger charge is -2.19. The Morgan fingerprint density at radius 3 is 2.33 bits per heavy atom. The molecule has 0 aromatic heterocycles. The highest BCUT2D eigenvalue weighted by Crippen LogP contribution is 2.15. The summed E-state index contributed by atoms with van der Waals surface area (Å²) in [5.41, 5.74) is -0.955. The molecule has 0 unspecified atom stereocenters. The van der Waals surface area contributed by atoms with Crippen LogP contribution in [0.15, 0.2) is 18.2 Å². The number of halogens is 2. The van der Waals surface area contributed by atoms with Gasteiger partial charge in [-0.05, 0) is 32.9 Å². The summed E-state index contributed by atoms with van der Waals surface area (Å²) in [4.78, 5) is 11.4. The first-order chi connectivity index (χ1) is 6.79. The van der Waals surface area contributed by atoms with Crippen LogP contribution >= 0.6 is 0 Å². The van der Waals surface area contributed by atoms with Crippen LogP contribution in [0.2, 0.25) is 0 Å². The van der Waals surface area contributed by atoms with Crippen molar-refractivity contribution in [1.29, 1.82) is 0 Å². The van der Waals surface area contributed by atoms with E-state index in [0.29, 0.717) is 6.07 Å². The number of hydrogen-bond acceptors (Lipinski definition) is 2. The number of ether oxygens (including phenoxy) is 1. The van der Waals surface area contributed by atoms with Crippen LogP contribution in [0.5, 0.6) is 0 Å². The van der Waals surface area contributed by atoms with Crippen LogP contribution in [-0.4, -0.2) is 11.6 Å². The number of rotatable bonds is 1. The van der Waals surface area contributed by atoms with Crippen LogP contribution in [-0.2, 0) is 4.74 Å². The summed E-state index contributed by atoms with van der Waals surface area (Å²) < 4.78 is 30.6. The van der Waals surface area contributed by atoms with Gasteiger partial charge in [0.05, 0.1) is 5.56 Å². The fourth-order valence-corrected chi connectivity index (χ4v) is 0.988. The van der Waals surface area contributed by atoms with E-state index in [9.17, 15) is 13.6 Å². The number of carbonyl (C=O) groups excluding carboxylic acids is 1. The molecule has 0 heterocycles. The second-order valence-electron chi connectivity index (χ2n) is 4.13. The van der Waals surface area contributed by atoms with Crippen molar-refractivity contribution in [2.75, 3.05) is 0 Å². The molecule has 0 atom stereocenters. The fourth-order valence-electron chi connectivity index (χ4n) is 0.988. The highest BCUT2D eigenvalue weighted by Gasteiger charge is 2.20. The quantitative estimate of drug-likeness (QED) is 0.672. The van der Waals surface area contributed by atoms with Crippen LogP contribution in [0.25, 0.3) is 0 Å². The van der Waals surface area contributed by atoms with E-state index in [1.54, 1.807) is 20.8 Å². The number of hydrogen-bond donors (Lipinski definition) is 0. The molecule has 4 heteroatoms. The Kier molecular flexibility index (Phi) is 3.07. The van der Waals surface area contributed by atoms with Crippen LogP contribution in [0.4, 0.5) is 8.78 Å². The molecule has 1 aromatic rings. The molecule has 0 N–H and O–H groups in total. The Balaban J connectivity index is 2.92. The standard InChI is InChI=1S/C11H12F2O2/c1-11(2,3)15-10(14)8-5-4-7(12)6-9(8)13/h4-6H,1-3H3. The Labute approximate surface area is 86.9 Å². The average molecular weight is 214 g/mol. The lowest BCUT2D eigenvalue weighted by atomic mass is 10.1. The summed E-state index contributed by atoms with van der Waals surface area (Å²) >= 11 is 0. The van der Waals surface area contributed by atoms with Gasteiger partial charge in [-0.1, -0.05) is 0 Å². The largest absolute Gasteiger partial charge is 0.456 e. The van der Waals surface area contributed by atoms with E-state index < -0.39 is 23.2 Å². The SMILES string of the molecule is CC(C)(C)OC(=O)c1ccc(F)cc1F. The first-order valence-corrected chi connectivity index (χ1v) is 4.48. The smallest absolute Gasteiger partial charge is 0.341 e. The first kappa shape index (κ1) is 11.6. The molecule has 0 bridgehead atoms. The van der Waals surface area contributed by atoms with Gasteiger partial charge in [-0.3, -0.25) is 0 Å². The number of carbonyl (C=O) groups is 1. The third-order valence-corrected chi connectivity index (χ3v) is 1.55. The topological polar surface area (TPSA) is 26.3 Å². The Hall–Kier alpha value is -1.45. The zero-order chi connectivity index (χ0) is 11.6. The van der Waals surface area contributed by atoms with E-state index in [4.69, 9.17) is 4.74 Å². The predicted octanol–water partition coefficient (Wildman–Crippen LogP) is 2.92. The van der Waals surface area contributed by atoms with E-state index >= 15 is 0 Å². The molecule has 0 saturated heterocycles. The van der Waals surface area contributed by atoms with Crippen LogP contribution in [0.1, 0.15) is 31.1 Å². The molecule has 82 valence electrons. The van der Waals surface area contributed by atoms with Crippen molar-refractivity contribution < 1.29 is 18.3 Å². The maximum Gasteiger partial charge on any atom is 0.341 e. The fraction of sp³-hybridized carbons (Fsp3) is 0.364. The first-order valence-electron chi connectivity index (χ1n) is 4.48. The molecule has 0 aliphatic rings. The van der Waals surface area contributed by atoms with Gasteiger partial charge in [-0.25, -0.2) is 13.6 Å². The summed E-state index contributed by atoms with van der Waals surface area (Å²) in [6.07, 6.45) is 0. The number of esters is 1. The molecular formula is C11H12F2O2. The monoisotopic (exact) mass is 214 g/mol. The Morgan fingerprint density at radius 1 is 1.27 bits per heavy atom. The minimum absolute atomic E-state index is 0.258. The Morgan fingerprint density at radius 2 is 1.87 bits per heavy atom. The van der Waals surface area contributed by atoms with Gasteiger partial charge in [0.2, 0.25) is 0 Å². The molecular weight excluding hydrogens is 202 g/mol. The summed E-state index contributed by atoms with van der Waals surface area (Å²) in [5, 5.41) is 0. The summed E-state index contributed by atoms with van der Waals surface area (Å²) in [6.45, 7) is 5.02. The van der Waals surface area contributed by atoms with Crippen LogP contribution in [0, 0.1) is 11.6 Å². The van der Waals surface area contributed by atoms with Crippen molar-refractivity contribution >= 4 is 5.97 Å². The minimum atomic E-state index is -0.913. The van der Waals surface area contributed by atoms with Crippen molar-refractivity contribution in [3.63, 3.8) is 0 Å². The maximum atomic E-state index is 13.1. The van der Waals surface area contributed by atoms with Crippen molar-refractivity contribution in [1.82, 2.24) is 0 Å². The molecule has 0 amide bonds. The number of benzene rings is 1. The third-order valence-electron chi connectivity index (χ3n) is 1.55. The van der Waals surface area contributed by atoms with Crippen molar-refractivity contribution in [2.24, 2.45) is 0 Å². The molecule has 1 rings (SSSR count). The third kappa shape index (κ3) is 3.31. The minimum Gasteiger partial charge on any atom is -0.456 e. The van der Waals surface area contributed by atoms with Gasteiger partial charge in [0.1, 0.15) is 17.2 Å². The van der Waals surface area contributed by atoms with E-state index in [1.807, 2.05) is 0 Å². The lowest BCUT2D eigenvalue weighted by Crippen LogP contribution is -2.24.